The largest absolute Gasteiger partial charge is 0.311 e. The molecular formula is C20H29N5S. The maximum absolute atomic E-state index is 5.08. The molecule has 3 aliphatic rings. The standard InChI is InChI=1S/C20H29N5S/c1-12-22-16(11-25-10-14-8-15(25)9-21-14)17-19(23-12)26-18(24-17)13-4-6-20(2,3)7-5-13/h13-15,21H,4-11H2,1-3H3/t14-,15?/m0/s1. The minimum absolute atomic E-state index is 0.498. The van der Waals surface area contributed by atoms with E-state index in [0.717, 1.165) is 41.5 Å². The number of nitrogens with one attached hydrogen (secondary N) is 1. The smallest absolute Gasteiger partial charge is 0.147 e. The Morgan fingerprint density at radius 1 is 1.19 bits per heavy atom. The molecule has 5 rings (SSSR count). The van der Waals surface area contributed by atoms with Gasteiger partial charge in [0.05, 0.1) is 10.7 Å². The average Bonchev–Trinajstić information content (AvgIpc) is 3.29. The second kappa shape index (κ2) is 6.21. The fourth-order valence-electron chi connectivity index (χ4n) is 4.98. The Morgan fingerprint density at radius 3 is 2.69 bits per heavy atom. The van der Waals surface area contributed by atoms with E-state index in [0.29, 0.717) is 23.4 Å². The molecule has 6 heteroatoms. The molecule has 0 radical (unpaired) electrons. The van der Waals surface area contributed by atoms with Crippen molar-refractivity contribution in [2.75, 3.05) is 13.1 Å². The SMILES string of the molecule is Cc1nc(CN2C[C@@H]3CC2CN3)c2nc(C3CCC(C)(C)CC3)sc2n1. The number of fused-ring (bicyclic) bond motifs is 3. The molecular weight excluding hydrogens is 342 g/mol. The van der Waals surface area contributed by atoms with Crippen LogP contribution >= 0.6 is 11.3 Å². The van der Waals surface area contributed by atoms with Gasteiger partial charge >= 0.3 is 0 Å². The molecule has 1 aliphatic carbocycles. The summed E-state index contributed by atoms with van der Waals surface area (Å²) in [6, 6.07) is 1.35. The number of hydrogen-bond donors (Lipinski definition) is 1. The Balaban J connectivity index is 1.42. The highest BCUT2D eigenvalue weighted by molar-refractivity contribution is 7.18. The van der Waals surface area contributed by atoms with E-state index in [1.807, 2.05) is 18.3 Å². The lowest BCUT2D eigenvalue weighted by Gasteiger charge is -2.33. The van der Waals surface area contributed by atoms with Crippen molar-refractivity contribution in [2.45, 2.75) is 77.4 Å². The average molecular weight is 372 g/mol. The van der Waals surface area contributed by atoms with Gasteiger partial charge in [0, 0.05) is 37.6 Å². The Labute approximate surface area is 159 Å². The van der Waals surface area contributed by atoms with Crippen LogP contribution in [0.15, 0.2) is 0 Å². The van der Waals surface area contributed by atoms with E-state index >= 15 is 0 Å². The molecule has 0 spiro atoms. The van der Waals surface area contributed by atoms with Crippen LogP contribution < -0.4 is 5.32 Å². The van der Waals surface area contributed by atoms with Gasteiger partial charge < -0.3 is 5.32 Å². The lowest BCUT2D eigenvalue weighted by atomic mass is 9.73. The van der Waals surface area contributed by atoms with Crippen LogP contribution in [0.2, 0.25) is 0 Å². The molecule has 0 amide bonds. The molecule has 2 aromatic rings. The fraction of sp³-hybridized carbons (Fsp3) is 0.750. The van der Waals surface area contributed by atoms with E-state index in [2.05, 4.69) is 24.1 Å². The Morgan fingerprint density at radius 2 is 2.00 bits per heavy atom. The van der Waals surface area contributed by atoms with Gasteiger partial charge in [-0.3, -0.25) is 4.90 Å². The molecule has 2 aromatic heterocycles. The summed E-state index contributed by atoms with van der Waals surface area (Å²) in [6.45, 7) is 9.99. The van der Waals surface area contributed by atoms with Crippen molar-refractivity contribution in [1.29, 1.82) is 0 Å². The van der Waals surface area contributed by atoms with Crippen molar-refractivity contribution in [3.05, 3.63) is 16.5 Å². The number of hydrogen-bond acceptors (Lipinski definition) is 6. The number of piperazine rings is 1. The van der Waals surface area contributed by atoms with Gasteiger partial charge in [-0.15, -0.1) is 0 Å². The van der Waals surface area contributed by atoms with Crippen molar-refractivity contribution in [3.63, 3.8) is 0 Å². The van der Waals surface area contributed by atoms with E-state index in [1.54, 1.807) is 0 Å². The molecule has 0 aromatic carbocycles. The molecule has 1 N–H and O–H groups in total. The van der Waals surface area contributed by atoms with E-state index in [-0.39, 0.29) is 0 Å². The Kier molecular flexibility index (Phi) is 4.07. The van der Waals surface area contributed by atoms with Gasteiger partial charge in [0.25, 0.3) is 0 Å². The highest BCUT2D eigenvalue weighted by atomic mass is 32.1. The summed E-state index contributed by atoms with van der Waals surface area (Å²) in [4.78, 5) is 18.3. The number of aromatic nitrogens is 3. The maximum Gasteiger partial charge on any atom is 0.147 e. The highest BCUT2D eigenvalue weighted by Crippen LogP contribution is 2.44. The molecule has 2 saturated heterocycles. The number of nitrogens with zero attached hydrogens (tertiary/aromatic N) is 4. The molecule has 1 unspecified atom stereocenters. The topological polar surface area (TPSA) is 53.9 Å². The Hall–Kier alpha value is -1.11. The predicted octanol–water partition coefficient (Wildman–Crippen LogP) is 3.62. The summed E-state index contributed by atoms with van der Waals surface area (Å²) >= 11 is 1.81. The van der Waals surface area contributed by atoms with Gasteiger partial charge in [-0.2, -0.15) is 0 Å². The predicted molar refractivity (Wildman–Crippen MR) is 106 cm³/mol. The maximum atomic E-state index is 5.08. The van der Waals surface area contributed by atoms with Crippen LogP contribution in [0.3, 0.4) is 0 Å². The zero-order valence-corrected chi connectivity index (χ0v) is 16.9. The van der Waals surface area contributed by atoms with Gasteiger partial charge in [0.1, 0.15) is 16.2 Å². The number of rotatable bonds is 3. The van der Waals surface area contributed by atoms with Crippen molar-refractivity contribution < 1.29 is 0 Å². The van der Waals surface area contributed by atoms with E-state index in [1.165, 1.54) is 37.1 Å². The fourth-order valence-corrected chi connectivity index (χ4v) is 6.15. The lowest BCUT2D eigenvalue weighted by Crippen LogP contribution is -2.43. The normalized spacial score (nSPS) is 29.0. The zero-order chi connectivity index (χ0) is 17.9. The summed E-state index contributed by atoms with van der Waals surface area (Å²) in [5.74, 6) is 1.50. The lowest BCUT2D eigenvalue weighted by molar-refractivity contribution is 0.216. The molecule has 3 fully saturated rings. The third-order valence-electron chi connectivity index (χ3n) is 6.67. The van der Waals surface area contributed by atoms with Gasteiger partial charge in [-0.05, 0) is 44.4 Å². The summed E-state index contributed by atoms with van der Waals surface area (Å²) in [5, 5.41) is 4.88. The van der Waals surface area contributed by atoms with E-state index in [9.17, 15) is 0 Å². The number of likely N-dealkylation sites (tertiary alicyclic amines) is 1. The van der Waals surface area contributed by atoms with Crippen LogP contribution in [0.5, 0.6) is 0 Å². The molecule has 1 saturated carbocycles. The van der Waals surface area contributed by atoms with Crippen LogP contribution in [0, 0.1) is 12.3 Å². The van der Waals surface area contributed by atoms with Gasteiger partial charge in [-0.1, -0.05) is 25.2 Å². The molecule has 140 valence electrons. The molecule has 4 heterocycles. The zero-order valence-electron chi connectivity index (χ0n) is 16.1. The second-order valence-corrected chi connectivity index (χ2v) is 10.3. The summed E-state index contributed by atoms with van der Waals surface area (Å²) in [5.41, 5.74) is 2.70. The van der Waals surface area contributed by atoms with E-state index < -0.39 is 0 Å². The highest BCUT2D eigenvalue weighted by Gasteiger charge is 2.38. The van der Waals surface area contributed by atoms with Crippen molar-refractivity contribution in [2.24, 2.45) is 5.41 Å². The summed E-state index contributed by atoms with van der Waals surface area (Å²) in [6.07, 6.45) is 6.41. The van der Waals surface area contributed by atoms with E-state index in [4.69, 9.17) is 15.0 Å². The molecule has 2 aliphatic heterocycles. The molecule has 5 nitrogen and oxygen atoms in total. The minimum atomic E-state index is 0.498. The molecule has 2 bridgehead atoms. The number of aryl methyl sites for hydroxylation is 1. The second-order valence-electron chi connectivity index (χ2n) is 9.29. The van der Waals surface area contributed by atoms with Crippen LogP contribution in [0.25, 0.3) is 10.3 Å². The monoisotopic (exact) mass is 371 g/mol. The summed E-state index contributed by atoms with van der Waals surface area (Å²) < 4.78 is 0. The first-order valence-electron chi connectivity index (χ1n) is 10.1. The van der Waals surface area contributed by atoms with Gasteiger partial charge in [0.2, 0.25) is 0 Å². The van der Waals surface area contributed by atoms with Crippen LogP contribution in [-0.4, -0.2) is 45.0 Å². The summed E-state index contributed by atoms with van der Waals surface area (Å²) in [7, 11) is 0. The molecule has 26 heavy (non-hydrogen) atoms. The first-order chi connectivity index (χ1) is 12.5. The minimum Gasteiger partial charge on any atom is -0.311 e. The van der Waals surface area contributed by atoms with Gasteiger partial charge in [0.15, 0.2) is 0 Å². The van der Waals surface area contributed by atoms with Crippen molar-refractivity contribution >= 4 is 21.7 Å². The molecule has 2 atom stereocenters. The number of thiazole rings is 1. The Bertz CT molecular complexity index is 819. The van der Waals surface area contributed by atoms with Crippen molar-refractivity contribution in [3.8, 4) is 0 Å². The van der Waals surface area contributed by atoms with Crippen LogP contribution in [-0.2, 0) is 6.54 Å². The van der Waals surface area contributed by atoms with Crippen molar-refractivity contribution in [1.82, 2.24) is 25.2 Å². The third-order valence-corrected chi connectivity index (χ3v) is 7.78. The first kappa shape index (κ1) is 17.0. The first-order valence-corrected chi connectivity index (χ1v) is 10.9. The third kappa shape index (κ3) is 3.06. The van der Waals surface area contributed by atoms with Crippen LogP contribution in [0.4, 0.5) is 0 Å². The van der Waals surface area contributed by atoms with Crippen LogP contribution in [0.1, 0.15) is 68.4 Å². The van der Waals surface area contributed by atoms with Gasteiger partial charge in [-0.25, -0.2) is 15.0 Å². The quantitative estimate of drug-likeness (QED) is 0.893.